The van der Waals surface area contributed by atoms with Gasteiger partial charge < -0.3 is 19.4 Å². The number of benzene rings is 3. The number of carbonyl (C=O) groups is 2. The summed E-state index contributed by atoms with van der Waals surface area (Å²) in [6.07, 6.45) is 4.72. The quantitative estimate of drug-likeness (QED) is 0.247. The Balaban J connectivity index is 1.28. The lowest BCUT2D eigenvalue weighted by Gasteiger charge is -2.42. The smallest absolute Gasteiger partial charge is 0.257 e. The molecule has 48 heavy (non-hydrogen) atoms. The molecule has 0 saturated carbocycles. The standard InChI is InChI=1S/C39H40FN5O3/c1-29-22-32(24-33(40)23-29)37(46)44-18-15-39(16-19-44)14-7-17-43(36-13-12-31(25-41)26-42-36)20-21-45(27-30-8-3-2-4-9-30)38(47)34-10-5-6-11-35(34)48-28-39/h2-6,8-13,22-24,26H,7,14-21,27-28H2,1H3. The summed E-state index contributed by atoms with van der Waals surface area (Å²) >= 11 is 0. The van der Waals surface area contributed by atoms with Crippen molar-refractivity contribution in [3.63, 3.8) is 0 Å². The summed E-state index contributed by atoms with van der Waals surface area (Å²) in [6, 6.07) is 27.6. The lowest BCUT2D eigenvalue weighted by atomic mass is 9.75. The van der Waals surface area contributed by atoms with E-state index in [1.54, 1.807) is 25.3 Å². The van der Waals surface area contributed by atoms with Crippen molar-refractivity contribution in [2.45, 2.75) is 39.2 Å². The van der Waals surface area contributed by atoms with Crippen LogP contribution in [0.1, 0.15) is 63.1 Å². The molecule has 8 nitrogen and oxygen atoms in total. The average molecular weight is 646 g/mol. The van der Waals surface area contributed by atoms with Crippen LogP contribution in [-0.2, 0) is 6.54 Å². The molecule has 3 heterocycles. The van der Waals surface area contributed by atoms with Gasteiger partial charge in [0.2, 0.25) is 0 Å². The normalized spacial score (nSPS) is 16.9. The molecule has 4 aromatic rings. The maximum absolute atomic E-state index is 14.2. The first kappa shape index (κ1) is 32.7. The zero-order valence-corrected chi connectivity index (χ0v) is 27.3. The summed E-state index contributed by atoms with van der Waals surface area (Å²) < 4.78 is 20.7. The largest absolute Gasteiger partial charge is 0.492 e. The van der Waals surface area contributed by atoms with Crippen LogP contribution in [0.4, 0.5) is 10.2 Å². The number of nitriles is 1. The molecule has 2 aliphatic rings. The Morgan fingerprint density at radius 1 is 0.938 bits per heavy atom. The van der Waals surface area contributed by atoms with Crippen LogP contribution in [0, 0.1) is 29.5 Å². The molecule has 3 aromatic carbocycles. The van der Waals surface area contributed by atoms with Gasteiger partial charge >= 0.3 is 0 Å². The van der Waals surface area contributed by atoms with E-state index in [2.05, 4.69) is 16.0 Å². The zero-order valence-electron chi connectivity index (χ0n) is 27.3. The number of likely N-dealkylation sites (tertiary alicyclic amines) is 1. The monoisotopic (exact) mass is 645 g/mol. The predicted octanol–water partition coefficient (Wildman–Crippen LogP) is 6.65. The number of para-hydroxylation sites is 1. The number of nitrogens with zero attached hydrogens (tertiary/aromatic N) is 5. The molecule has 2 aliphatic heterocycles. The number of aryl methyl sites for hydroxylation is 1. The van der Waals surface area contributed by atoms with Crippen molar-refractivity contribution in [3.05, 3.63) is 125 Å². The van der Waals surface area contributed by atoms with Crippen LogP contribution in [0.2, 0.25) is 0 Å². The minimum Gasteiger partial charge on any atom is -0.492 e. The fourth-order valence-electron chi connectivity index (χ4n) is 6.79. The highest BCUT2D eigenvalue weighted by molar-refractivity contribution is 5.97. The van der Waals surface area contributed by atoms with Crippen molar-refractivity contribution in [2.24, 2.45) is 5.41 Å². The first-order valence-corrected chi connectivity index (χ1v) is 16.6. The first-order valence-electron chi connectivity index (χ1n) is 16.6. The molecule has 0 bridgehead atoms. The summed E-state index contributed by atoms with van der Waals surface area (Å²) in [7, 11) is 0. The van der Waals surface area contributed by atoms with Crippen molar-refractivity contribution >= 4 is 17.6 Å². The van der Waals surface area contributed by atoms with Crippen LogP contribution in [0.25, 0.3) is 0 Å². The number of ether oxygens (including phenoxy) is 1. The number of rotatable bonds is 4. The Labute approximate surface area is 281 Å². The highest BCUT2D eigenvalue weighted by Gasteiger charge is 2.37. The summed E-state index contributed by atoms with van der Waals surface area (Å²) in [5, 5.41) is 9.34. The van der Waals surface area contributed by atoms with Gasteiger partial charge in [0.25, 0.3) is 11.8 Å². The van der Waals surface area contributed by atoms with Crippen LogP contribution in [-0.4, -0.2) is 65.9 Å². The Bertz CT molecular complexity index is 1760. The Kier molecular flexibility index (Phi) is 10.0. The van der Waals surface area contributed by atoms with E-state index in [-0.39, 0.29) is 17.2 Å². The number of hydrogen-bond donors (Lipinski definition) is 0. The highest BCUT2D eigenvalue weighted by atomic mass is 19.1. The molecule has 0 atom stereocenters. The molecule has 1 fully saturated rings. The fourth-order valence-corrected chi connectivity index (χ4v) is 6.79. The molecule has 0 N–H and O–H groups in total. The molecule has 9 heteroatoms. The molecular formula is C39H40FN5O3. The van der Waals surface area contributed by atoms with Gasteiger partial charge in [0, 0.05) is 56.4 Å². The van der Waals surface area contributed by atoms with E-state index in [0.29, 0.717) is 73.9 Å². The third-order valence-corrected chi connectivity index (χ3v) is 9.53. The second kappa shape index (κ2) is 14.7. The van der Waals surface area contributed by atoms with Crippen molar-refractivity contribution in [2.75, 3.05) is 44.2 Å². The van der Waals surface area contributed by atoms with E-state index >= 15 is 0 Å². The van der Waals surface area contributed by atoms with Gasteiger partial charge in [-0.2, -0.15) is 5.26 Å². The van der Waals surface area contributed by atoms with Gasteiger partial charge in [0.1, 0.15) is 23.5 Å². The van der Waals surface area contributed by atoms with Gasteiger partial charge in [-0.3, -0.25) is 9.59 Å². The number of hydrogen-bond acceptors (Lipinski definition) is 6. The van der Waals surface area contributed by atoms with E-state index < -0.39 is 5.82 Å². The molecule has 0 aliphatic carbocycles. The van der Waals surface area contributed by atoms with E-state index in [1.807, 2.05) is 70.5 Å². The van der Waals surface area contributed by atoms with Gasteiger partial charge in [-0.05, 0) is 86.2 Å². The fraction of sp³-hybridized carbons (Fsp3) is 0.333. The first-order chi connectivity index (χ1) is 23.3. The van der Waals surface area contributed by atoms with E-state index in [4.69, 9.17) is 4.74 Å². The van der Waals surface area contributed by atoms with Crippen LogP contribution in [0.15, 0.2) is 91.1 Å². The SMILES string of the molecule is Cc1cc(F)cc(C(=O)N2CCC3(CCCN(c4ccc(C#N)cn4)CCN(Cc4ccccc4)C(=O)c4ccccc4OC3)CC2)c1. The van der Waals surface area contributed by atoms with Crippen molar-refractivity contribution < 1.29 is 18.7 Å². The molecule has 1 saturated heterocycles. The summed E-state index contributed by atoms with van der Waals surface area (Å²) in [6.45, 7) is 5.43. The third kappa shape index (κ3) is 7.66. The summed E-state index contributed by atoms with van der Waals surface area (Å²) in [4.78, 5) is 38.1. The number of piperidine rings is 1. The van der Waals surface area contributed by atoms with E-state index in [1.165, 1.54) is 12.1 Å². The minimum atomic E-state index is -0.410. The maximum Gasteiger partial charge on any atom is 0.257 e. The Morgan fingerprint density at radius 3 is 2.44 bits per heavy atom. The number of carbonyl (C=O) groups excluding carboxylic acids is 2. The number of halogens is 1. The number of anilines is 1. The average Bonchev–Trinajstić information content (AvgIpc) is 3.12. The third-order valence-electron chi connectivity index (χ3n) is 9.53. The van der Waals surface area contributed by atoms with E-state index in [9.17, 15) is 19.2 Å². The number of amides is 2. The van der Waals surface area contributed by atoms with Gasteiger partial charge in [-0.1, -0.05) is 42.5 Å². The Morgan fingerprint density at radius 2 is 1.71 bits per heavy atom. The van der Waals surface area contributed by atoms with Crippen LogP contribution in [0.3, 0.4) is 0 Å². The van der Waals surface area contributed by atoms with Crippen LogP contribution < -0.4 is 9.64 Å². The molecular weight excluding hydrogens is 605 g/mol. The van der Waals surface area contributed by atoms with Gasteiger partial charge in [0.05, 0.1) is 17.7 Å². The topological polar surface area (TPSA) is 89.8 Å². The summed E-state index contributed by atoms with van der Waals surface area (Å²) in [5.74, 6) is 0.630. The molecule has 2 amide bonds. The Hall–Kier alpha value is -5.23. The molecule has 1 spiro atoms. The van der Waals surface area contributed by atoms with Crippen molar-refractivity contribution in [1.29, 1.82) is 5.26 Å². The van der Waals surface area contributed by atoms with Gasteiger partial charge in [-0.25, -0.2) is 9.37 Å². The van der Waals surface area contributed by atoms with Crippen molar-refractivity contribution in [1.82, 2.24) is 14.8 Å². The molecule has 0 radical (unpaired) electrons. The lowest BCUT2D eigenvalue weighted by molar-refractivity contribution is 0.0363. The van der Waals surface area contributed by atoms with E-state index in [0.717, 1.165) is 37.1 Å². The molecule has 246 valence electrons. The number of aromatic nitrogens is 1. The predicted molar refractivity (Wildman–Crippen MR) is 182 cm³/mol. The number of fused-ring (bicyclic) bond motifs is 1. The summed E-state index contributed by atoms with van der Waals surface area (Å²) in [5.41, 5.74) is 2.89. The maximum atomic E-state index is 14.2. The molecule has 0 unspecified atom stereocenters. The van der Waals surface area contributed by atoms with Crippen LogP contribution >= 0.6 is 0 Å². The highest BCUT2D eigenvalue weighted by Crippen LogP contribution is 2.38. The van der Waals surface area contributed by atoms with Crippen LogP contribution in [0.5, 0.6) is 5.75 Å². The second-order valence-electron chi connectivity index (χ2n) is 12.9. The van der Waals surface area contributed by atoms with Gasteiger partial charge in [-0.15, -0.1) is 0 Å². The molecule has 1 aromatic heterocycles. The molecule has 6 rings (SSSR count). The van der Waals surface area contributed by atoms with Gasteiger partial charge in [0.15, 0.2) is 0 Å². The lowest BCUT2D eigenvalue weighted by Crippen LogP contribution is -2.46. The minimum absolute atomic E-state index is 0.110. The van der Waals surface area contributed by atoms with Crippen molar-refractivity contribution in [3.8, 4) is 11.8 Å². The second-order valence-corrected chi connectivity index (χ2v) is 12.9. The zero-order chi connectivity index (χ0) is 33.5. The number of pyridine rings is 1.